The molecule has 2 aliphatic rings. The number of carbonyl (C=O) groups is 5. The zero-order chi connectivity index (χ0) is 39.0. The standard InChI is InChI=1S/C43H54N6O6/c44-43(45)46-26-10-17-33(40(52)41(53)47-34-21-22-34)20-24-38(50)37-27-35(55-29-32-15-8-3-9-16-32)28-49(37)42(54)36(23-18-30-11-4-1-5-12-30)48-39(51)25-19-31-13-6-2-7-14-31/h1-9,11-16,33-37H,10,17-29H2,(H,47,53)(H,48,51)(H4,44,45,46)/t33-,35-,36+,37+/m1/s1. The van der Waals surface area contributed by atoms with Gasteiger partial charge in [-0.15, -0.1) is 0 Å². The minimum Gasteiger partial charge on any atom is -0.372 e. The first kappa shape index (κ1) is 40.8. The van der Waals surface area contributed by atoms with E-state index in [0.29, 0.717) is 38.7 Å². The normalized spacial score (nSPS) is 17.5. The summed E-state index contributed by atoms with van der Waals surface area (Å²) in [6, 6.07) is 27.4. The van der Waals surface area contributed by atoms with Crippen molar-refractivity contribution in [2.75, 3.05) is 13.1 Å². The molecule has 5 rings (SSSR count). The fourth-order valence-electron chi connectivity index (χ4n) is 6.94. The predicted molar refractivity (Wildman–Crippen MR) is 210 cm³/mol. The molecule has 2 fully saturated rings. The number of ether oxygens (including phenoxy) is 1. The van der Waals surface area contributed by atoms with E-state index in [1.165, 1.54) is 0 Å². The zero-order valence-corrected chi connectivity index (χ0v) is 31.4. The third kappa shape index (κ3) is 13.5. The number of carbonyl (C=O) groups excluding carboxylic acids is 5. The van der Waals surface area contributed by atoms with E-state index in [4.69, 9.17) is 16.2 Å². The third-order valence-electron chi connectivity index (χ3n) is 10.2. The number of rotatable bonds is 22. The van der Waals surface area contributed by atoms with Crippen molar-refractivity contribution in [3.8, 4) is 0 Å². The molecule has 1 heterocycles. The zero-order valence-electron chi connectivity index (χ0n) is 31.4. The molecule has 12 heteroatoms. The number of hydrogen-bond donors (Lipinski definition) is 4. The highest BCUT2D eigenvalue weighted by Crippen LogP contribution is 2.27. The average Bonchev–Trinajstić information content (AvgIpc) is 3.92. The number of benzene rings is 3. The summed E-state index contributed by atoms with van der Waals surface area (Å²) in [6.07, 6.45) is 4.04. The van der Waals surface area contributed by atoms with Crippen LogP contribution in [0.4, 0.5) is 0 Å². The molecule has 1 aliphatic carbocycles. The van der Waals surface area contributed by atoms with E-state index in [2.05, 4.69) is 15.6 Å². The van der Waals surface area contributed by atoms with Crippen molar-refractivity contribution >= 4 is 35.2 Å². The number of amides is 3. The molecule has 0 radical (unpaired) electrons. The van der Waals surface area contributed by atoms with Gasteiger partial charge in [0, 0.05) is 44.3 Å². The van der Waals surface area contributed by atoms with E-state index in [9.17, 15) is 24.0 Å². The number of Topliss-reactive ketones (excluding diaryl/α,β-unsaturated/α-hetero) is 2. The number of guanidine groups is 1. The molecule has 6 N–H and O–H groups in total. The van der Waals surface area contributed by atoms with E-state index < -0.39 is 35.8 Å². The van der Waals surface area contributed by atoms with Gasteiger partial charge in [0.05, 0.1) is 18.8 Å². The second kappa shape index (κ2) is 20.9. The minimum atomic E-state index is -0.873. The number of nitrogens with one attached hydrogen (secondary N) is 2. The first-order valence-electron chi connectivity index (χ1n) is 19.4. The molecule has 1 aliphatic heterocycles. The molecule has 4 atom stereocenters. The lowest BCUT2D eigenvalue weighted by atomic mass is 9.90. The van der Waals surface area contributed by atoms with Gasteiger partial charge in [0.15, 0.2) is 11.7 Å². The van der Waals surface area contributed by atoms with Crippen molar-refractivity contribution in [3.05, 3.63) is 108 Å². The van der Waals surface area contributed by atoms with E-state index in [-0.39, 0.29) is 68.4 Å². The average molecular weight is 751 g/mol. The number of hydrogen-bond acceptors (Lipinski definition) is 7. The Morgan fingerprint density at radius 3 is 2.02 bits per heavy atom. The lowest BCUT2D eigenvalue weighted by Gasteiger charge is -2.29. The molecule has 0 aromatic heterocycles. The fraction of sp³-hybridized carbons (Fsp3) is 0.442. The number of likely N-dealkylation sites (tertiary alicyclic amines) is 1. The highest BCUT2D eigenvalue weighted by atomic mass is 16.5. The smallest absolute Gasteiger partial charge is 0.287 e. The summed E-state index contributed by atoms with van der Waals surface area (Å²) in [5.41, 5.74) is 14.0. The third-order valence-corrected chi connectivity index (χ3v) is 10.2. The molecular formula is C43H54N6O6. The van der Waals surface area contributed by atoms with Gasteiger partial charge in [-0.1, -0.05) is 91.0 Å². The second-order valence-electron chi connectivity index (χ2n) is 14.6. The fourth-order valence-corrected chi connectivity index (χ4v) is 6.94. The van der Waals surface area contributed by atoms with Gasteiger partial charge in [-0.3, -0.25) is 29.0 Å². The Balaban J connectivity index is 1.31. The van der Waals surface area contributed by atoms with Crippen molar-refractivity contribution in [2.45, 2.75) is 101 Å². The van der Waals surface area contributed by atoms with Crippen LogP contribution in [0.15, 0.2) is 96.0 Å². The molecular weight excluding hydrogens is 697 g/mol. The Kier molecular flexibility index (Phi) is 15.5. The predicted octanol–water partition coefficient (Wildman–Crippen LogP) is 3.79. The van der Waals surface area contributed by atoms with Crippen molar-refractivity contribution in [3.63, 3.8) is 0 Å². The highest BCUT2D eigenvalue weighted by molar-refractivity contribution is 6.37. The molecule has 1 saturated heterocycles. The largest absolute Gasteiger partial charge is 0.372 e. The number of ketones is 2. The van der Waals surface area contributed by atoms with Crippen LogP contribution in [0.5, 0.6) is 0 Å². The van der Waals surface area contributed by atoms with Crippen LogP contribution in [0.3, 0.4) is 0 Å². The van der Waals surface area contributed by atoms with Crippen molar-refractivity contribution in [1.29, 1.82) is 0 Å². The Morgan fingerprint density at radius 2 is 1.40 bits per heavy atom. The molecule has 0 spiro atoms. The summed E-state index contributed by atoms with van der Waals surface area (Å²) in [7, 11) is 0. The summed E-state index contributed by atoms with van der Waals surface area (Å²) in [5.74, 6) is -2.79. The van der Waals surface area contributed by atoms with Gasteiger partial charge in [0.25, 0.3) is 5.91 Å². The quantitative estimate of drug-likeness (QED) is 0.0517. The van der Waals surface area contributed by atoms with Crippen LogP contribution in [0.2, 0.25) is 0 Å². The maximum atomic E-state index is 14.5. The summed E-state index contributed by atoms with van der Waals surface area (Å²) >= 11 is 0. The van der Waals surface area contributed by atoms with Crippen molar-refractivity contribution in [2.24, 2.45) is 22.4 Å². The summed E-state index contributed by atoms with van der Waals surface area (Å²) in [6.45, 7) is 0.774. The molecule has 0 bridgehead atoms. The van der Waals surface area contributed by atoms with Crippen LogP contribution in [-0.4, -0.2) is 77.5 Å². The van der Waals surface area contributed by atoms with Crippen LogP contribution in [0.25, 0.3) is 0 Å². The number of aryl methyl sites for hydroxylation is 2. The van der Waals surface area contributed by atoms with Crippen LogP contribution in [0.1, 0.15) is 74.5 Å². The maximum absolute atomic E-state index is 14.5. The maximum Gasteiger partial charge on any atom is 0.287 e. The molecule has 292 valence electrons. The first-order valence-corrected chi connectivity index (χ1v) is 19.4. The lowest BCUT2D eigenvalue weighted by Crippen LogP contribution is -2.52. The molecule has 3 amide bonds. The lowest BCUT2D eigenvalue weighted by molar-refractivity contribution is -0.142. The molecule has 3 aromatic rings. The highest BCUT2D eigenvalue weighted by Gasteiger charge is 2.42. The van der Waals surface area contributed by atoms with Gasteiger partial charge in [-0.25, -0.2) is 0 Å². The molecule has 1 saturated carbocycles. The van der Waals surface area contributed by atoms with Gasteiger partial charge < -0.3 is 31.7 Å². The second-order valence-corrected chi connectivity index (χ2v) is 14.6. The monoisotopic (exact) mass is 750 g/mol. The van der Waals surface area contributed by atoms with Gasteiger partial charge in [-0.2, -0.15) is 0 Å². The minimum absolute atomic E-state index is 0.0138. The van der Waals surface area contributed by atoms with Crippen molar-refractivity contribution in [1.82, 2.24) is 15.5 Å². The van der Waals surface area contributed by atoms with E-state index in [1.807, 2.05) is 91.0 Å². The number of nitrogens with two attached hydrogens (primary N) is 2. The van der Waals surface area contributed by atoms with Gasteiger partial charge >= 0.3 is 0 Å². The number of aliphatic imine (C=N–C) groups is 1. The van der Waals surface area contributed by atoms with Crippen LogP contribution in [-0.2, 0) is 48.2 Å². The Bertz CT molecular complexity index is 1750. The summed E-state index contributed by atoms with van der Waals surface area (Å²) in [5, 5.41) is 5.77. The first-order chi connectivity index (χ1) is 26.7. The van der Waals surface area contributed by atoms with Crippen LogP contribution in [0, 0.1) is 5.92 Å². The van der Waals surface area contributed by atoms with Crippen LogP contribution < -0.4 is 22.1 Å². The summed E-state index contributed by atoms with van der Waals surface area (Å²) < 4.78 is 6.28. The van der Waals surface area contributed by atoms with Crippen LogP contribution >= 0.6 is 0 Å². The van der Waals surface area contributed by atoms with E-state index in [0.717, 1.165) is 29.5 Å². The Morgan fingerprint density at radius 1 is 0.782 bits per heavy atom. The van der Waals surface area contributed by atoms with E-state index in [1.54, 1.807) is 4.90 Å². The van der Waals surface area contributed by atoms with Gasteiger partial charge in [0.2, 0.25) is 17.6 Å². The molecule has 12 nitrogen and oxygen atoms in total. The Hall–Kier alpha value is -5.36. The molecule has 3 aromatic carbocycles. The topological polar surface area (TPSA) is 186 Å². The molecule has 0 unspecified atom stereocenters. The molecule has 55 heavy (non-hydrogen) atoms. The van der Waals surface area contributed by atoms with Gasteiger partial charge in [0.1, 0.15) is 6.04 Å². The van der Waals surface area contributed by atoms with E-state index >= 15 is 0 Å². The SMILES string of the molecule is NC(N)=NCCC[C@H](CCC(=O)[C@@H]1C[C@@H](OCc2ccccc2)CN1C(=O)[C@H](CCc1ccccc1)NC(=O)CCc1ccccc1)C(=O)C(=O)NC1CC1. The Labute approximate surface area is 323 Å². The van der Waals surface area contributed by atoms with Crippen molar-refractivity contribution < 1.29 is 28.7 Å². The number of nitrogens with zero attached hydrogens (tertiary/aromatic N) is 2. The van der Waals surface area contributed by atoms with Gasteiger partial charge in [-0.05, 0) is 68.1 Å². The summed E-state index contributed by atoms with van der Waals surface area (Å²) in [4.78, 5) is 73.7.